The summed E-state index contributed by atoms with van der Waals surface area (Å²) in [5, 5.41) is 16.3. The van der Waals surface area contributed by atoms with Gasteiger partial charge in [0.2, 0.25) is 9.84 Å². The van der Waals surface area contributed by atoms with Crippen LogP contribution in [0.2, 0.25) is 0 Å². The second-order valence-electron chi connectivity index (χ2n) is 13.2. The van der Waals surface area contributed by atoms with Crippen molar-refractivity contribution in [3.63, 3.8) is 0 Å². The molecule has 0 spiro atoms. The number of tetrazole rings is 1. The van der Waals surface area contributed by atoms with Crippen LogP contribution in [-0.2, 0) is 19.3 Å². The van der Waals surface area contributed by atoms with Crippen LogP contribution in [0.1, 0.15) is 66.1 Å². The van der Waals surface area contributed by atoms with Crippen molar-refractivity contribution in [1.29, 1.82) is 0 Å². The highest BCUT2D eigenvalue weighted by Crippen LogP contribution is 2.42. The van der Waals surface area contributed by atoms with E-state index >= 15 is 0 Å². The predicted octanol–water partition coefficient (Wildman–Crippen LogP) is 5.19. The van der Waals surface area contributed by atoms with Crippen LogP contribution >= 0.6 is 0 Å². The number of ether oxygens (including phenoxy) is 4. The van der Waals surface area contributed by atoms with Crippen LogP contribution < -0.4 is 19.7 Å². The summed E-state index contributed by atoms with van der Waals surface area (Å²) >= 11 is 0. The van der Waals surface area contributed by atoms with Gasteiger partial charge >= 0.3 is 0 Å². The molecule has 2 unspecified atom stereocenters. The lowest BCUT2D eigenvalue weighted by Gasteiger charge is -2.40. The molecule has 1 saturated heterocycles. The Morgan fingerprint density at radius 2 is 1.82 bits per heavy atom. The minimum atomic E-state index is -3.99. The first-order valence-corrected chi connectivity index (χ1v) is 18.8. The second-order valence-corrected chi connectivity index (χ2v) is 15.2. The van der Waals surface area contributed by atoms with Gasteiger partial charge in [0.1, 0.15) is 18.1 Å². The first kappa shape index (κ1) is 35.8. The Labute approximate surface area is 295 Å². The summed E-state index contributed by atoms with van der Waals surface area (Å²) in [6.07, 6.45) is 1.87. The van der Waals surface area contributed by atoms with Gasteiger partial charge in [-0.05, 0) is 92.8 Å². The number of anilines is 1. The van der Waals surface area contributed by atoms with Crippen LogP contribution in [0.4, 0.5) is 5.69 Å². The molecule has 0 amide bonds. The van der Waals surface area contributed by atoms with E-state index in [4.69, 9.17) is 18.9 Å². The van der Waals surface area contributed by atoms with Gasteiger partial charge < -0.3 is 29.2 Å². The lowest BCUT2D eigenvalue weighted by Crippen LogP contribution is -2.48. The number of fused-ring (bicyclic) bond motifs is 1. The van der Waals surface area contributed by atoms with Crippen molar-refractivity contribution in [3.05, 3.63) is 89.2 Å². The first-order chi connectivity index (χ1) is 24.2. The Kier molecular flexibility index (Phi) is 11.4. The molecule has 50 heavy (non-hydrogen) atoms. The van der Waals surface area contributed by atoms with Crippen molar-refractivity contribution in [2.75, 3.05) is 52.0 Å². The number of nitrogens with zero attached hydrogens (tertiary/aromatic N) is 5. The Bertz CT molecular complexity index is 1820. The van der Waals surface area contributed by atoms with Gasteiger partial charge in [-0.25, -0.2) is 8.42 Å². The highest BCUT2D eigenvalue weighted by atomic mass is 32.2. The highest BCUT2D eigenvalue weighted by molar-refractivity contribution is 7.91. The maximum absolute atomic E-state index is 14.6. The normalized spacial score (nSPS) is 20.5. The molecule has 0 saturated carbocycles. The molecular weight excluding hydrogens is 657 g/mol. The Hall–Kier alpha value is -4.04. The van der Waals surface area contributed by atoms with E-state index in [1.165, 1.54) is 0 Å². The van der Waals surface area contributed by atoms with E-state index in [-0.39, 0.29) is 22.9 Å². The van der Waals surface area contributed by atoms with Crippen molar-refractivity contribution in [3.8, 4) is 11.5 Å². The van der Waals surface area contributed by atoms with Crippen LogP contribution in [0.5, 0.6) is 11.5 Å². The molecule has 5 atom stereocenters. The lowest BCUT2D eigenvalue weighted by molar-refractivity contribution is -0.00768. The maximum atomic E-state index is 14.6. The molecule has 6 rings (SSSR count). The van der Waals surface area contributed by atoms with Gasteiger partial charge in [-0.2, -0.15) is 4.80 Å². The molecule has 268 valence electrons. The van der Waals surface area contributed by atoms with Gasteiger partial charge in [0.25, 0.3) is 0 Å². The average Bonchev–Trinajstić information content (AvgIpc) is 3.57. The van der Waals surface area contributed by atoms with Gasteiger partial charge in [-0.3, -0.25) is 0 Å². The van der Waals surface area contributed by atoms with Gasteiger partial charge in [0, 0.05) is 38.8 Å². The fraction of sp³-hybridized carbons (Fsp3) is 0.486. The number of aromatic nitrogens is 4. The number of methoxy groups -OCH3 is 2. The summed E-state index contributed by atoms with van der Waals surface area (Å²) in [7, 11) is -0.655. The number of piperidine rings is 1. The van der Waals surface area contributed by atoms with E-state index in [9.17, 15) is 8.42 Å². The zero-order valence-electron chi connectivity index (χ0n) is 29.5. The maximum Gasteiger partial charge on any atom is 0.209 e. The molecule has 4 aromatic rings. The largest absolute Gasteiger partial charge is 0.497 e. The standard InChI is InChI=1S/C37H48N6O6S/c1-25-7-14-32(15-8-25)50(44,45)37(29-11-16-35-34(22-29)42(18-20-48-35)17-6-19-46-4)49-36-24-38-30(21-26(2)43-40-27(3)39-41-43)23-33(36)28-9-12-31(47-5)13-10-28/h7-16,22,26,30,33,36-38H,6,17-21,23-24H2,1-5H3/t26?,30-,33+,36-,37?/m0/s1. The molecule has 0 bridgehead atoms. The topological polar surface area (TPSA) is 130 Å². The first-order valence-electron chi connectivity index (χ1n) is 17.3. The number of rotatable bonds is 14. The lowest BCUT2D eigenvalue weighted by atomic mass is 9.82. The third kappa shape index (κ3) is 8.12. The van der Waals surface area contributed by atoms with E-state index in [0.29, 0.717) is 37.7 Å². The fourth-order valence-electron chi connectivity index (χ4n) is 6.89. The van der Waals surface area contributed by atoms with Crippen molar-refractivity contribution >= 4 is 15.5 Å². The minimum absolute atomic E-state index is 0.0156. The van der Waals surface area contributed by atoms with Crippen LogP contribution in [-0.4, -0.2) is 87.8 Å². The third-order valence-corrected chi connectivity index (χ3v) is 11.5. The SMILES string of the molecule is COCCCN1CCOc2ccc(C(O[C@H]3CN[C@@H](CC(C)n4nnc(C)n4)C[C@@H]3c3ccc(OC)cc3)S(=O)(=O)c3ccc(C)cc3)cc21. The Morgan fingerprint density at radius 3 is 2.52 bits per heavy atom. The van der Waals surface area contributed by atoms with E-state index in [1.807, 2.05) is 68.4 Å². The molecule has 3 heterocycles. The molecule has 13 heteroatoms. The smallest absolute Gasteiger partial charge is 0.209 e. The summed E-state index contributed by atoms with van der Waals surface area (Å²) in [6.45, 7) is 8.96. The molecule has 3 aromatic carbocycles. The van der Waals surface area contributed by atoms with Crippen LogP contribution in [0, 0.1) is 13.8 Å². The molecule has 1 fully saturated rings. The Balaban J connectivity index is 1.35. The number of benzene rings is 3. The molecule has 2 aliphatic rings. The summed E-state index contributed by atoms with van der Waals surface area (Å²) in [4.78, 5) is 4.10. The number of hydrogen-bond acceptors (Lipinski definition) is 11. The van der Waals surface area contributed by atoms with Crippen molar-refractivity contribution < 1.29 is 27.4 Å². The highest BCUT2D eigenvalue weighted by Gasteiger charge is 2.39. The molecule has 12 nitrogen and oxygen atoms in total. The quantitative estimate of drug-likeness (QED) is 0.174. The summed E-state index contributed by atoms with van der Waals surface area (Å²) in [5.74, 6) is 2.01. The van der Waals surface area contributed by atoms with Crippen LogP contribution in [0.3, 0.4) is 0 Å². The minimum Gasteiger partial charge on any atom is -0.497 e. The van der Waals surface area contributed by atoms with Crippen LogP contribution in [0.15, 0.2) is 71.6 Å². The zero-order valence-corrected chi connectivity index (χ0v) is 30.3. The van der Waals surface area contributed by atoms with Crippen molar-refractivity contribution in [1.82, 2.24) is 25.5 Å². The van der Waals surface area contributed by atoms with E-state index in [1.54, 1.807) is 31.1 Å². The van der Waals surface area contributed by atoms with Crippen molar-refractivity contribution in [2.24, 2.45) is 0 Å². The van der Waals surface area contributed by atoms with Crippen LogP contribution in [0.25, 0.3) is 0 Å². The van der Waals surface area contributed by atoms with E-state index in [0.717, 1.165) is 54.1 Å². The van der Waals surface area contributed by atoms with Gasteiger partial charge in [0.05, 0.1) is 36.4 Å². The molecule has 1 N–H and O–H groups in total. The summed E-state index contributed by atoms with van der Waals surface area (Å²) < 4.78 is 52.9. The average molecular weight is 705 g/mol. The van der Waals surface area contributed by atoms with Gasteiger partial charge in [-0.15, -0.1) is 10.2 Å². The predicted molar refractivity (Wildman–Crippen MR) is 191 cm³/mol. The number of sulfone groups is 1. The monoisotopic (exact) mass is 704 g/mol. The number of aryl methyl sites for hydroxylation is 2. The summed E-state index contributed by atoms with van der Waals surface area (Å²) in [5.41, 5.74) is 2.19. The fourth-order valence-corrected chi connectivity index (χ4v) is 8.45. The summed E-state index contributed by atoms with van der Waals surface area (Å²) in [6, 6.07) is 20.7. The van der Waals surface area contributed by atoms with Gasteiger partial charge in [0.15, 0.2) is 11.3 Å². The number of nitrogens with one attached hydrogen (secondary N) is 1. The van der Waals surface area contributed by atoms with Gasteiger partial charge in [-0.1, -0.05) is 35.9 Å². The van der Waals surface area contributed by atoms with E-state index in [2.05, 4.69) is 32.6 Å². The molecule has 0 aliphatic carbocycles. The van der Waals surface area contributed by atoms with Crippen molar-refractivity contribution in [2.45, 2.75) is 74.5 Å². The molecule has 2 aliphatic heterocycles. The molecule has 1 aromatic heterocycles. The van der Waals surface area contributed by atoms with E-state index < -0.39 is 21.4 Å². The second kappa shape index (κ2) is 15.9. The molecular formula is C37H48N6O6S. The molecule has 0 radical (unpaired) electrons. The number of hydrogen-bond donors (Lipinski definition) is 1. The zero-order chi connectivity index (χ0) is 35.3. The third-order valence-electron chi connectivity index (χ3n) is 9.61. The Morgan fingerprint density at radius 1 is 1.04 bits per heavy atom.